The Morgan fingerprint density at radius 2 is 0.921 bits per heavy atom. The van der Waals surface area contributed by atoms with Crippen molar-refractivity contribution in [1.82, 2.24) is 31.5 Å². The second kappa shape index (κ2) is 54.5. The molecule has 3 heterocycles. The molecule has 127 heavy (non-hydrogen) atoms. The van der Waals surface area contributed by atoms with Crippen LogP contribution in [0.15, 0.2) is 97.1 Å². The molecular formula is C91H131N7O29. The molecule has 4 aromatic carbocycles. The lowest BCUT2D eigenvalue weighted by atomic mass is 9.68. The first kappa shape index (κ1) is 104. The average molecular weight is 1790 g/mol. The summed E-state index contributed by atoms with van der Waals surface area (Å²) in [6.45, 7) is 17.3. The van der Waals surface area contributed by atoms with E-state index in [1.165, 1.54) is 45.9 Å². The van der Waals surface area contributed by atoms with E-state index in [-0.39, 0.29) is 178 Å². The van der Waals surface area contributed by atoms with Gasteiger partial charge in [-0.15, -0.1) is 0 Å². The number of nitrogens with one attached hydrogen (secondary N) is 6. The van der Waals surface area contributed by atoms with Gasteiger partial charge >= 0.3 is 23.9 Å². The first-order chi connectivity index (χ1) is 61.0. The van der Waals surface area contributed by atoms with Crippen LogP contribution in [-0.2, 0) is 120 Å². The van der Waals surface area contributed by atoms with E-state index in [0.29, 0.717) is 50.3 Å². The van der Waals surface area contributed by atoms with Crippen LogP contribution in [0.2, 0.25) is 0 Å². The Balaban J connectivity index is 0.830. The predicted molar refractivity (Wildman–Crippen MR) is 460 cm³/mol. The Morgan fingerprint density at radius 1 is 0.488 bits per heavy atom. The van der Waals surface area contributed by atoms with Gasteiger partial charge in [-0.1, -0.05) is 108 Å². The minimum atomic E-state index is -1.28. The van der Waals surface area contributed by atoms with E-state index in [1.54, 1.807) is 14.2 Å². The first-order valence-corrected chi connectivity index (χ1v) is 43.3. The van der Waals surface area contributed by atoms with Crippen LogP contribution in [0.1, 0.15) is 164 Å². The van der Waals surface area contributed by atoms with Crippen LogP contribution in [0.4, 0.5) is 5.69 Å². The highest BCUT2D eigenvalue weighted by Crippen LogP contribution is 2.50. The summed E-state index contributed by atoms with van der Waals surface area (Å²) in [5.74, 6) is -4.40. The van der Waals surface area contributed by atoms with Crippen molar-refractivity contribution < 1.29 is 138 Å². The Labute approximate surface area is 743 Å². The van der Waals surface area contributed by atoms with E-state index in [2.05, 4.69) is 38.8 Å². The third-order valence-corrected chi connectivity index (χ3v) is 22.0. The van der Waals surface area contributed by atoms with E-state index in [4.69, 9.17) is 80.5 Å². The summed E-state index contributed by atoms with van der Waals surface area (Å²) in [7, 11) is 3.25. The number of esters is 4. The van der Waals surface area contributed by atoms with Crippen LogP contribution in [0.5, 0.6) is 11.5 Å². The normalized spacial score (nSPS) is 21.5. The average Bonchev–Trinajstić information content (AvgIpc) is 1.71. The van der Waals surface area contributed by atoms with Crippen molar-refractivity contribution in [2.75, 3.05) is 165 Å². The maximum absolute atomic E-state index is 14.0. The molecule has 0 radical (unpaired) electrons. The van der Waals surface area contributed by atoms with Crippen molar-refractivity contribution in [2.24, 2.45) is 16.7 Å². The highest BCUT2D eigenvalue weighted by Gasteiger charge is 2.56. The van der Waals surface area contributed by atoms with Gasteiger partial charge in [0.15, 0.2) is 24.8 Å². The number of benzene rings is 4. The number of rotatable bonds is 57. The van der Waals surface area contributed by atoms with E-state index in [9.17, 15) is 57.8 Å². The second-order valence-corrected chi connectivity index (χ2v) is 31.8. The van der Waals surface area contributed by atoms with Gasteiger partial charge in [-0.3, -0.25) is 52.7 Å². The smallest absolute Gasteiger partial charge is 0.303 e. The number of hydrogen-bond donors (Lipinski definition) is 7. The van der Waals surface area contributed by atoms with E-state index >= 15 is 0 Å². The fourth-order valence-electron chi connectivity index (χ4n) is 15.2. The topological polar surface area (TPSA) is 440 Å². The predicted octanol–water partition coefficient (Wildman–Crippen LogP) is 6.19. The van der Waals surface area contributed by atoms with Gasteiger partial charge in [-0.25, -0.2) is 0 Å². The molecule has 0 spiro atoms. The lowest BCUT2D eigenvalue weighted by Gasteiger charge is -2.44. The van der Waals surface area contributed by atoms with Crippen molar-refractivity contribution in [1.29, 1.82) is 0 Å². The Morgan fingerprint density at radius 3 is 1.39 bits per heavy atom. The number of anilines is 1. The Hall–Kier alpha value is -9.83. The van der Waals surface area contributed by atoms with E-state index in [0.717, 1.165) is 56.2 Å². The van der Waals surface area contributed by atoms with Crippen LogP contribution in [0.3, 0.4) is 0 Å². The maximum atomic E-state index is 14.0. The van der Waals surface area contributed by atoms with Crippen LogP contribution < -0.4 is 41.4 Å². The fraction of sp³-hybridized carbons (Fsp3) is 0.615. The number of likely N-dealkylation sites (tertiary alicyclic amines) is 1. The molecule has 3 fully saturated rings. The van der Waals surface area contributed by atoms with Crippen LogP contribution >= 0.6 is 0 Å². The van der Waals surface area contributed by atoms with E-state index < -0.39 is 120 Å². The molecule has 7 rings (SSSR count). The van der Waals surface area contributed by atoms with Gasteiger partial charge in [0.1, 0.15) is 48.0 Å². The van der Waals surface area contributed by atoms with Crippen molar-refractivity contribution in [3.63, 3.8) is 0 Å². The highest BCUT2D eigenvalue weighted by atomic mass is 16.7. The molecule has 704 valence electrons. The largest absolute Gasteiger partial charge is 0.497 e. The summed E-state index contributed by atoms with van der Waals surface area (Å²) in [6, 6.07) is 27.9. The molecule has 0 bridgehead atoms. The van der Waals surface area contributed by atoms with Gasteiger partial charge in [-0.2, -0.15) is 0 Å². The summed E-state index contributed by atoms with van der Waals surface area (Å²) in [5.41, 5.74) is 0.374. The van der Waals surface area contributed by atoms with Crippen LogP contribution in [0, 0.1) is 16.7 Å². The van der Waals surface area contributed by atoms with Crippen LogP contribution in [0.25, 0.3) is 0 Å². The number of unbranched alkanes of at least 4 members (excludes halogenated alkanes) is 5. The molecule has 0 saturated carbocycles. The lowest BCUT2D eigenvalue weighted by Crippen LogP contribution is -2.66. The number of aliphatic hydroxyl groups is 1. The van der Waals surface area contributed by atoms with Crippen molar-refractivity contribution in [3.8, 4) is 11.5 Å². The number of ether oxygens (including phenoxy) is 17. The van der Waals surface area contributed by atoms with Crippen molar-refractivity contribution in [2.45, 2.75) is 188 Å². The molecule has 3 aliphatic heterocycles. The third-order valence-electron chi connectivity index (χ3n) is 22.0. The molecule has 0 aromatic heterocycles. The standard InChI is InChI=1S/C91H131N7O29/c1-13-75-60(2)82(123-64(6)103)80(95-61(3)100)87(126-75)119-49-47-117-45-43-115-41-39-113-37-35-92-85(109)67-51-68(86(110)93-36-38-114-40-42-116-44-46-118-48-50-120-88-81(96-62(4)101)84(125-66(8)105)83(124-65(7)104)76(127-88)55-121-63(5)102)53-72(52-67)97-78(107)54-94-77(106)25-21-16-14-15-17-22-26-79(108)98-56-89(9,58-99)90(10,57-98)59-122-91(69-23-19-18-20-24-69,70-27-31-73(111-11)32-28-70)71-29-33-74(112-12)34-30-71/h18-20,23-24,27-34,51-53,60,75-76,80-84,87-88,99H,13-17,21-22,25-26,35-50,54-59H2,1-12H3,(H,92,109)(H,93,110)(H,94,106)(H,95,100)(H,96,101)(H,97,107)/t60-,75+,76+,80+,81+,82-,83-,84+,87?,88?,89?,90?/m0/s1. The van der Waals surface area contributed by atoms with Gasteiger partial charge in [0.25, 0.3) is 11.8 Å². The van der Waals surface area contributed by atoms with Gasteiger partial charge in [-0.05, 0) is 78.4 Å². The molecule has 36 heteroatoms. The van der Waals surface area contributed by atoms with Gasteiger partial charge in [0.2, 0.25) is 29.5 Å². The molecule has 3 saturated heterocycles. The molecular weight excluding hydrogens is 1660 g/mol. The lowest BCUT2D eigenvalue weighted by molar-refractivity contribution is -0.279. The minimum absolute atomic E-state index is 0.00683. The SMILES string of the molecule is CC[C@H]1OC(OCCOCCOCCOCCNC(=O)c2cc(NC(=O)CNC(=O)CCCCCCCCC(=O)N3CC(C)(CO)C(C)(COC(c4ccccc4)(c4ccc(OC)cc4)c4ccc(OC)cc4)C3)cc(C(=O)NCCOCCOCCOCCOC3O[C@H](COC(C)=O)[C@H](OC(C)=O)[C@H](OC(C)=O)[C@H]3NC(C)=O)c2)[C@H](NC(C)=O)[C@@H](OC(C)=O)[C@H]1C. The summed E-state index contributed by atoms with van der Waals surface area (Å²) >= 11 is 0. The number of methoxy groups -OCH3 is 2. The molecule has 4 aromatic rings. The third kappa shape index (κ3) is 33.6. The highest BCUT2D eigenvalue weighted by molar-refractivity contribution is 6.03. The molecule has 36 nitrogen and oxygen atoms in total. The minimum Gasteiger partial charge on any atom is -0.497 e. The van der Waals surface area contributed by atoms with Gasteiger partial charge in [0, 0.05) is 114 Å². The number of nitrogens with zero attached hydrogens (tertiary/aromatic N) is 1. The Bertz CT molecular complexity index is 4060. The summed E-state index contributed by atoms with van der Waals surface area (Å²) in [4.78, 5) is 142. The van der Waals surface area contributed by atoms with Crippen molar-refractivity contribution in [3.05, 3.63) is 125 Å². The first-order valence-electron chi connectivity index (χ1n) is 43.3. The Kier molecular flexibility index (Phi) is 44.7. The number of hydrogen-bond acceptors (Lipinski definition) is 29. The maximum Gasteiger partial charge on any atom is 0.303 e. The fourth-order valence-corrected chi connectivity index (χ4v) is 15.2. The van der Waals surface area contributed by atoms with Gasteiger partial charge < -0.3 is 122 Å². The van der Waals surface area contributed by atoms with Gasteiger partial charge in [0.05, 0.1) is 133 Å². The summed E-state index contributed by atoms with van der Waals surface area (Å²) < 4.78 is 98.1. The second-order valence-electron chi connectivity index (χ2n) is 31.8. The molecule has 4 unspecified atom stereocenters. The number of carbonyl (C=O) groups is 11. The molecule has 7 amide bonds. The zero-order valence-electron chi connectivity index (χ0n) is 75.3. The molecule has 0 aliphatic carbocycles. The quantitative estimate of drug-likeness (QED) is 0.0112. The van der Waals surface area contributed by atoms with E-state index in [1.807, 2.05) is 105 Å². The summed E-state index contributed by atoms with van der Waals surface area (Å²) in [5, 5.41) is 27.4. The van der Waals surface area contributed by atoms with Crippen LogP contribution in [-0.4, -0.2) is 290 Å². The number of carbonyl (C=O) groups excluding carboxylic acids is 11. The van der Waals surface area contributed by atoms with Crippen molar-refractivity contribution >= 4 is 70.9 Å². The number of aliphatic hydroxyl groups excluding tert-OH is 1. The molecule has 12 atom stereocenters. The molecule has 3 aliphatic rings. The zero-order valence-corrected chi connectivity index (χ0v) is 75.3. The molecule has 7 N–H and O–H groups in total. The monoisotopic (exact) mass is 1790 g/mol. The number of amides is 7. The summed E-state index contributed by atoms with van der Waals surface area (Å²) in [6.07, 6.45) is -1.20. The zero-order chi connectivity index (χ0) is 92.3.